The molecule has 2 N–H and O–H groups in total. The van der Waals surface area contributed by atoms with Gasteiger partial charge >= 0.3 is 0 Å². The van der Waals surface area contributed by atoms with E-state index in [2.05, 4.69) is 5.32 Å². The number of benzene rings is 1. The number of rotatable bonds is 4. The molecule has 0 atom stereocenters. The van der Waals surface area contributed by atoms with Gasteiger partial charge in [-0.2, -0.15) is 0 Å². The van der Waals surface area contributed by atoms with Crippen LogP contribution in [0.1, 0.15) is 24.0 Å². The lowest BCUT2D eigenvalue weighted by atomic mass is 10.1. The van der Waals surface area contributed by atoms with Crippen molar-refractivity contribution in [3.05, 3.63) is 34.3 Å². The highest BCUT2D eigenvalue weighted by Gasteiger charge is 2.20. The van der Waals surface area contributed by atoms with E-state index < -0.39 is 0 Å². The maximum Gasteiger partial charge on any atom is 0.0524 e. The van der Waals surface area contributed by atoms with Gasteiger partial charge in [-0.25, -0.2) is 0 Å². The second-order valence-corrected chi connectivity index (χ2v) is 4.50. The van der Waals surface area contributed by atoms with Gasteiger partial charge in [0.1, 0.15) is 0 Å². The third-order valence-electron chi connectivity index (χ3n) is 2.67. The predicted molar refractivity (Wildman–Crippen MR) is 64.0 cm³/mol. The highest BCUT2D eigenvalue weighted by atomic mass is 35.5. The number of halogens is 1. The Morgan fingerprint density at radius 3 is 2.87 bits per heavy atom. The average Bonchev–Trinajstić information content (AvgIpc) is 3.02. The molecule has 1 fully saturated rings. The Hall–Kier alpha value is -0.860. The van der Waals surface area contributed by atoms with E-state index in [1.165, 1.54) is 12.8 Å². The van der Waals surface area contributed by atoms with E-state index in [4.69, 9.17) is 17.0 Å². The lowest BCUT2D eigenvalue weighted by Gasteiger charge is -2.06. The molecule has 2 nitrogen and oxygen atoms in total. The molecule has 1 aliphatic carbocycles. The zero-order valence-corrected chi connectivity index (χ0v) is 9.56. The van der Waals surface area contributed by atoms with Gasteiger partial charge in [-0.3, -0.25) is 0 Å². The Kier molecular flexibility index (Phi) is 3.08. The van der Waals surface area contributed by atoms with Crippen molar-refractivity contribution in [3.63, 3.8) is 0 Å². The normalized spacial score (nSPS) is 15.3. The maximum absolute atomic E-state index is 7.90. The molecule has 0 unspecified atom stereocenters. The summed E-state index contributed by atoms with van der Waals surface area (Å²) in [5.41, 5.74) is 2.59. The molecule has 1 aliphatic rings. The molecule has 80 valence electrons. The van der Waals surface area contributed by atoms with Crippen LogP contribution in [0.15, 0.2) is 18.2 Å². The van der Waals surface area contributed by atoms with Crippen LogP contribution in [-0.4, -0.2) is 18.3 Å². The maximum atomic E-state index is 7.90. The van der Waals surface area contributed by atoms with Crippen LogP contribution in [0, 0.1) is 12.3 Å². The quantitative estimate of drug-likeness (QED) is 0.756. The number of hydrogen-bond donors (Lipinski definition) is 2. The number of aryl methyl sites for hydroxylation is 1. The summed E-state index contributed by atoms with van der Waals surface area (Å²) in [6.45, 7) is 2.61. The van der Waals surface area contributed by atoms with E-state index in [-0.39, 0.29) is 0 Å². The van der Waals surface area contributed by atoms with Gasteiger partial charge in [0.15, 0.2) is 0 Å². The fourth-order valence-electron chi connectivity index (χ4n) is 1.42. The molecule has 1 aromatic rings. The highest BCUT2D eigenvalue weighted by molar-refractivity contribution is 6.31. The van der Waals surface area contributed by atoms with Gasteiger partial charge in [-0.05, 0) is 37.0 Å². The van der Waals surface area contributed by atoms with Gasteiger partial charge in [-0.15, -0.1) is 0 Å². The van der Waals surface area contributed by atoms with Gasteiger partial charge in [0.05, 0.1) is 5.71 Å². The van der Waals surface area contributed by atoms with Crippen molar-refractivity contribution in [2.75, 3.05) is 6.54 Å². The summed E-state index contributed by atoms with van der Waals surface area (Å²) in [6, 6.07) is 6.43. The van der Waals surface area contributed by atoms with Gasteiger partial charge in [0.25, 0.3) is 0 Å². The highest BCUT2D eigenvalue weighted by Crippen LogP contribution is 2.19. The van der Waals surface area contributed by atoms with Crippen molar-refractivity contribution in [1.29, 1.82) is 5.41 Å². The predicted octanol–water partition coefficient (Wildman–Crippen LogP) is 2.77. The Morgan fingerprint density at radius 2 is 2.27 bits per heavy atom. The van der Waals surface area contributed by atoms with Crippen LogP contribution in [0.4, 0.5) is 0 Å². The molecule has 0 aromatic heterocycles. The first-order valence-electron chi connectivity index (χ1n) is 5.24. The van der Waals surface area contributed by atoms with Crippen LogP contribution in [0.5, 0.6) is 0 Å². The molecule has 0 radical (unpaired) electrons. The van der Waals surface area contributed by atoms with Crippen molar-refractivity contribution < 1.29 is 0 Å². The lowest BCUT2D eigenvalue weighted by Crippen LogP contribution is -2.24. The molecule has 0 bridgehead atoms. The molecule has 15 heavy (non-hydrogen) atoms. The Labute approximate surface area is 95.2 Å². The minimum atomic E-state index is 0.615. The molecule has 0 aliphatic heterocycles. The molecule has 0 saturated heterocycles. The standard InChI is InChI=1S/C12H15ClN2/c1-8-2-3-9(6-11(8)13)12(14)7-15-10-4-5-10/h2-3,6,10,14-15H,4-5,7H2,1H3. The van der Waals surface area contributed by atoms with Crippen LogP contribution in [0.2, 0.25) is 5.02 Å². The van der Waals surface area contributed by atoms with Crippen molar-refractivity contribution in [2.24, 2.45) is 0 Å². The lowest BCUT2D eigenvalue weighted by molar-refractivity contribution is 0.768. The molecule has 0 spiro atoms. The first-order valence-corrected chi connectivity index (χ1v) is 5.62. The second kappa shape index (κ2) is 4.33. The van der Waals surface area contributed by atoms with Gasteiger partial charge in [0.2, 0.25) is 0 Å². The zero-order valence-electron chi connectivity index (χ0n) is 8.81. The Morgan fingerprint density at radius 1 is 1.53 bits per heavy atom. The van der Waals surface area contributed by atoms with Crippen molar-refractivity contribution >= 4 is 17.3 Å². The molecule has 2 rings (SSSR count). The molecular formula is C12H15ClN2. The van der Waals surface area contributed by atoms with E-state index in [1.807, 2.05) is 25.1 Å². The third kappa shape index (κ3) is 2.80. The van der Waals surface area contributed by atoms with Crippen LogP contribution in [0.25, 0.3) is 0 Å². The summed E-state index contributed by atoms with van der Waals surface area (Å²) in [5, 5.41) is 12.0. The monoisotopic (exact) mass is 222 g/mol. The summed E-state index contributed by atoms with van der Waals surface area (Å²) in [5.74, 6) is 0. The Balaban J connectivity index is 2.00. The van der Waals surface area contributed by atoms with Crippen LogP contribution < -0.4 is 5.32 Å². The fraction of sp³-hybridized carbons (Fsp3) is 0.417. The van der Waals surface area contributed by atoms with E-state index in [0.717, 1.165) is 16.1 Å². The van der Waals surface area contributed by atoms with E-state index >= 15 is 0 Å². The summed E-state index contributed by atoms with van der Waals surface area (Å²) in [7, 11) is 0. The van der Waals surface area contributed by atoms with Gasteiger partial charge in [-0.1, -0.05) is 23.7 Å². The second-order valence-electron chi connectivity index (χ2n) is 4.10. The largest absolute Gasteiger partial charge is 0.308 e. The summed E-state index contributed by atoms with van der Waals surface area (Å²) < 4.78 is 0. The average molecular weight is 223 g/mol. The zero-order chi connectivity index (χ0) is 10.8. The summed E-state index contributed by atoms with van der Waals surface area (Å²) in [4.78, 5) is 0. The smallest absolute Gasteiger partial charge is 0.0524 e. The van der Waals surface area contributed by atoms with Crippen LogP contribution in [0.3, 0.4) is 0 Å². The number of nitrogens with one attached hydrogen (secondary N) is 2. The van der Waals surface area contributed by atoms with Crippen molar-refractivity contribution in [2.45, 2.75) is 25.8 Å². The number of hydrogen-bond acceptors (Lipinski definition) is 2. The van der Waals surface area contributed by atoms with Gasteiger partial charge < -0.3 is 10.7 Å². The SMILES string of the molecule is Cc1ccc(C(=N)CNC2CC2)cc1Cl. The van der Waals surface area contributed by atoms with E-state index in [1.54, 1.807) is 0 Å². The summed E-state index contributed by atoms with van der Waals surface area (Å²) >= 11 is 6.02. The molecule has 1 aromatic carbocycles. The minimum Gasteiger partial charge on any atom is -0.308 e. The fourth-order valence-corrected chi connectivity index (χ4v) is 1.60. The van der Waals surface area contributed by atoms with E-state index in [9.17, 15) is 0 Å². The first kappa shape index (κ1) is 10.7. The van der Waals surface area contributed by atoms with Gasteiger partial charge in [0, 0.05) is 17.6 Å². The Bertz CT molecular complexity index is 383. The first-order chi connectivity index (χ1) is 7.16. The molecule has 0 amide bonds. The minimum absolute atomic E-state index is 0.615. The van der Waals surface area contributed by atoms with Crippen molar-refractivity contribution in [1.82, 2.24) is 5.32 Å². The molecule has 0 heterocycles. The summed E-state index contributed by atoms with van der Waals surface area (Å²) in [6.07, 6.45) is 2.50. The molecular weight excluding hydrogens is 208 g/mol. The van der Waals surface area contributed by atoms with Crippen LogP contribution >= 0.6 is 11.6 Å². The van der Waals surface area contributed by atoms with Crippen molar-refractivity contribution in [3.8, 4) is 0 Å². The molecule has 3 heteroatoms. The topological polar surface area (TPSA) is 35.9 Å². The van der Waals surface area contributed by atoms with E-state index in [0.29, 0.717) is 18.3 Å². The molecule has 1 saturated carbocycles. The van der Waals surface area contributed by atoms with Crippen LogP contribution in [-0.2, 0) is 0 Å². The third-order valence-corrected chi connectivity index (χ3v) is 3.07.